The van der Waals surface area contributed by atoms with E-state index in [2.05, 4.69) is 18.8 Å². The number of epoxide rings is 1. The van der Waals surface area contributed by atoms with Crippen molar-refractivity contribution in [3.05, 3.63) is 42.0 Å². The molecule has 3 unspecified atom stereocenters. The van der Waals surface area contributed by atoms with Gasteiger partial charge in [-0.05, 0) is 30.0 Å². The van der Waals surface area contributed by atoms with Crippen LogP contribution in [-0.2, 0) is 4.74 Å². The molecule has 0 radical (unpaired) electrons. The third-order valence-electron chi connectivity index (χ3n) is 4.96. The molecule has 6 heteroatoms. The highest BCUT2D eigenvalue weighted by Crippen LogP contribution is 2.51. The molecular formula is C20H24FN3O2. The molecule has 4 rings (SSSR count). The summed E-state index contributed by atoms with van der Waals surface area (Å²) in [5.74, 6) is 0.323. The highest BCUT2D eigenvalue weighted by molar-refractivity contribution is 5.84. The van der Waals surface area contributed by atoms with Crippen LogP contribution < -0.4 is 15.4 Å². The summed E-state index contributed by atoms with van der Waals surface area (Å²) in [5, 5.41) is 0. The molecule has 1 aromatic carbocycles. The molecule has 2 aliphatic heterocycles. The molecule has 3 atom stereocenters. The zero-order valence-corrected chi connectivity index (χ0v) is 15.3. The summed E-state index contributed by atoms with van der Waals surface area (Å²) in [6, 6.07) is 5.08. The molecule has 2 N–H and O–H groups in total. The molecule has 1 saturated heterocycles. The van der Waals surface area contributed by atoms with Crippen molar-refractivity contribution in [1.29, 1.82) is 0 Å². The fourth-order valence-corrected chi connectivity index (χ4v) is 3.67. The Balaban J connectivity index is 1.67. The van der Waals surface area contributed by atoms with E-state index in [1.807, 2.05) is 18.0 Å². The number of likely N-dealkylation sites (N-methyl/N-ethyl adjacent to an activating group) is 1. The Kier molecular flexibility index (Phi) is 4.32. The van der Waals surface area contributed by atoms with Crippen LogP contribution >= 0.6 is 0 Å². The van der Waals surface area contributed by atoms with Crippen molar-refractivity contribution in [2.24, 2.45) is 11.7 Å². The van der Waals surface area contributed by atoms with Gasteiger partial charge in [-0.3, -0.25) is 4.98 Å². The van der Waals surface area contributed by atoms with Crippen LogP contribution in [-0.4, -0.2) is 30.9 Å². The molecule has 0 saturated carbocycles. The minimum absolute atomic E-state index is 0.0250. The fourth-order valence-electron chi connectivity index (χ4n) is 3.67. The highest BCUT2D eigenvalue weighted by atomic mass is 19.1. The number of nitrogens with zero attached hydrogens (tertiary/aromatic N) is 2. The lowest BCUT2D eigenvalue weighted by molar-refractivity contribution is 0.260. The van der Waals surface area contributed by atoms with Crippen molar-refractivity contribution in [3.8, 4) is 16.9 Å². The molecule has 0 bridgehead atoms. The highest BCUT2D eigenvalue weighted by Gasteiger charge is 2.48. The van der Waals surface area contributed by atoms with Crippen LogP contribution in [0.15, 0.2) is 30.6 Å². The van der Waals surface area contributed by atoms with Crippen molar-refractivity contribution in [1.82, 2.24) is 4.98 Å². The molecule has 1 fully saturated rings. The Morgan fingerprint density at radius 3 is 2.92 bits per heavy atom. The zero-order chi connectivity index (χ0) is 18.4. The van der Waals surface area contributed by atoms with Gasteiger partial charge in [0.25, 0.3) is 0 Å². The number of pyridine rings is 1. The smallest absolute Gasteiger partial charge is 0.165 e. The van der Waals surface area contributed by atoms with Gasteiger partial charge >= 0.3 is 0 Å². The summed E-state index contributed by atoms with van der Waals surface area (Å²) in [7, 11) is 1.95. The molecule has 1 aromatic heterocycles. The van der Waals surface area contributed by atoms with Crippen molar-refractivity contribution in [2.45, 2.75) is 38.6 Å². The number of fused-ring (bicyclic) bond motifs is 5. The molecule has 5 nitrogen and oxygen atoms in total. The van der Waals surface area contributed by atoms with Gasteiger partial charge in [0.1, 0.15) is 12.7 Å². The van der Waals surface area contributed by atoms with Gasteiger partial charge < -0.3 is 20.1 Å². The van der Waals surface area contributed by atoms with Crippen LogP contribution in [0.5, 0.6) is 5.75 Å². The average molecular weight is 357 g/mol. The predicted molar refractivity (Wildman–Crippen MR) is 98.6 cm³/mol. The SMILES string of the molecule is CC(C)CC(N)COc1cc2c(cc1F)-c1ccncc1C1OC1N2C. The van der Waals surface area contributed by atoms with Crippen molar-refractivity contribution in [3.63, 3.8) is 0 Å². The molecule has 2 aromatic rings. The van der Waals surface area contributed by atoms with Crippen LogP contribution in [0.4, 0.5) is 10.1 Å². The topological polar surface area (TPSA) is 63.9 Å². The third-order valence-corrected chi connectivity index (χ3v) is 4.96. The number of benzene rings is 1. The Bertz CT molecular complexity index is 827. The summed E-state index contributed by atoms with van der Waals surface area (Å²) in [6.07, 6.45) is 4.28. The molecule has 138 valence electrons. The molecule has 0 amide bonds. The van der Waals surface area contributed by atoms with Gasteiger partial charge in [-0.25, -0.2) is 4.39 Å². The number of rotatable bonds is 5. The lowest BCUT2D eigenvalue weighted by Crippen LogP contribution is -2.29. The second-order valence-electron chi connectivity index (χ2n) is 7.52. The van der Waals surface area contributed by atoms with Gasteiger partial charge in [0.15, 0.2) is 17.8 Å². The van der Waals surface area contributed by atoms with Crippen molar-refractivity contribution in [2.75, 3.05) is 18.6 Å². The van der Waals surface area contributed by atoms with Crippen molar-refractivity contribution >= 4 is 5.69 Å². The molecular weight excluding hydrogens is 333 g/mol. The van der Waals surface area contributed by atoms with Crippen LogP contribution in [0.1, 0.15) is 31.9 Å². The molecule has 3 heterocycles. The minimum atomic E-state index is -0.381. The third kappa shape index (κ3) is 3.04. The largest absolute Gasteiger partial charge is 0.489 e. The Hall–Kier alpha value is -2.18. The number of hydrogen-bond donors (Lipinski definition) is 1. The number of nitrogens with two attached hydrogens (primary N) is 1. The van der Waals surface area contributed by atoms with E-state index in [-0.39, 0.29) is 29.9 Å². The maximum Gasteiger partial charge on any atom is 0.165 e. The number of anilines is 1. The fraction of sp³-hybridized carbons (Fsp3) is 0.450. The number of ether oxygens (including phenoxy) is 2. The van der Waals surface area contributed by atoms with Gasteiger partial charge in [-0.1, -0.05) is 13.8 Å². The first kappa shape index (κ1) is 17.2. The van der Waals surface area contributed by atoms with E-state index in [0.29, 0.717) is 12.5 Å². The second kappa shape index (κ2) is 6.52. The van der Waals surface area contributed by atoms with E-state index in [4.69, 9.17) is 15.2 Å². The first-order valence-electron chi connectivity index (χ1n) is 9.00. The van der Waals surface area contributed by atoms with E-state index < -0.39 is 0 Å². The summed E-state index contributed by atoms with van der Waals surface area (Å²) in [4.78, 5) is 6.22. The number of aromatic nitrogens is 1. The van der Waals surface area contributed by atoms with Crippen LogP contribution in [0, 0.1) is 11.7 Å². The van der Waals surface area contributed by atoms with E-state index in [1.165, 1.54) is 0 Å². The standard InChI is InChI=1S/C20H24FN3O2/c1-11(2)6-12(22)10-25-18-8-17-14(7-16(18)21)13-4-5-23-9-15(13)19-20(26-19)24(17)3/h4-5,7-9,11-12,19-20H,6,10,22H2,1-3H3. The normalized spacial score (nSPS) is 21.5. The first-order valence-corrected chi connectivity index (χ1v) is 9.00. The molecule has 26 heavy (non-hydrogen) atoms. The van der Waals surface area contributed by atoms with Crippen molar-refractivity contribution < 1.29 is 13.9 Å². The number of halogens is 1. The molecule has 0 aliphatic carbocycles. The van der Waals surface area contributed by atoms with E-state index in [0.717, 1.165) is 28.8 Å². The quantitative estimate of drug-likeness (QED) is 0.830. The van der Waals surface area contributed by atoms with Gasteiger partial charge in [0.05, 0.1) is 5.69 Å². The predicted octanol–water partition coefficient (Wildman–Crippen LogP) is 3.49. The Labute approximate surface area is 152 Å². The maximum atomic E-state index is 14.7. The van der Waals surface area contributed by atoms with Crippen LogP contribution in [0.3, 0.4) is 0 Å². The Morgan fingerprint density at radius 1 is 1.35 bits per heavy atom. The molecule has 2 aliphatic rings. The van der Waals surface area contributed by atoms with Crippen LogP contribution in [0.25, 0.3) is 11.1 Å². The molecule has 0 spiro atoms. The summed E-state index contributed by atoms with van der Waals surface area (Å²) >= 11 is 0. The summed E-state index contributed by atoms with van der Waals surface area (Å²) < 4.78 is 26.2. The zero-order valence-electron chi connectivity index (χ0n) is 15.3. The van der Waals surface area contributed by atoms with Gasteiger partial charge in [0, 0.05) is 42.7 Å². The first-order chi connectivity index (χ1) is 12.5. The van der Waals surface area contributed by atoms with Gasteiger partial charge in [-0.2, -0.15) is 0 Å². The second-order valence-corrected chi connectivity index (χ2v) is 7.52. The van der Waals surface area contributed by atoms with Gasteiger partial charge in [-0.15, -0.1) is 0 Å². The lowest BCUT2D eigenvalue weighted by atomic mass is 9.99. The maximum absolute atomic E-state index is 14.7. The number of hydrogen-bond acceptors (Lipinski definition) is 5. The summed E-state index contributed by atoms with van der Waals surface area (Å²) in [5.41, 5.74) is 9.73. The average Bonchev–Trinajstić information content (AvgIpc) is 3.40. The summed E-state index contributed by atoms with van der Waals surface area (Å²) in [6.45, 7) is 4.51. The van der Waals surface area contributed by atoms with E-state index >= 15 is 0 Å². The monoisotopic (exact) mass is 357 g/mol. The van der Waals surface area contributed by atoms with Crippen LogP contribution in [0.2, 0.25) is 0 Å². The Morgan fingerprint density at radius 2 is 2.15 bits per heavy atom. The van der Waals surface area contributed by atoms with E-state index in [9.17, 15) is 4.39 Å². The van der Waals surface area contributed by atoms with E-state index in [1.54, 1.807) is 24.5 Å². The lowest BCUT2D eigenvalue weighted by Gasteiger charge is -2.22. The minimum Gasteiger partial charge on any atom is -0.489 e. The van der Waals surface area contributed by atoms with Gasteiger partial charge in [0.2, 0.25) is 0 Å².